The molecule has 3 heterocycles. The number of aromatic nitrogens is 3. The molecule has 3 aromatic rings. The Morgan fingerprint density at radius 2 is 2.06 bits per heavy atom. The highest BCUT2D eigenvalue weighted by Gasteiger charge is 2.25. The lowest BCUT2D eigenvalue weighted by Crippen LogP contribution is -2.39. The number of carbonyl (C=O) groups is 1. The molecule has 0 N–H and O–H groups in total. The first-order chi connectivity index (χ1) is 15.5. The van der Waals surface area contributed by atoms with E-state index in [0.29, 0.717) is 17.4 Å². The Labute approximate surface area is 192 Å². The molecule has 4 rings (SSSR count). The number of carbonyl (C=O) groups excluding carboxylic acids is 1. The number of morpholine rings is 1. The van der Waals surface area contributed by atoms with Crippen LogP contribution in [0, 0.1) is 6.92 Å². The second-order valence-electron chi connectivity index (χ2n) is 8.30. The van der Waals surface area contributed by atoms with E-state index in [1.165, 1.54) is 11.3 Å². The fraction of sp³-hybridized carbons (Fsp3) is 0.522. The molecular formula is C23H31N5O3S. The van der Waals surface area contributed by atoms with Crippen molar-refractivity contribution in [1.29, 1.82) is 0 Å². The van der Waals surface area contributed by atoms with Gasteiger partial charge < -0.3 is 9.47 Å². The van der Waals surface area contributed by atoms with Crippen molar-refractivity contribution in [3.8, 4) is 5.75 Å². The van der Waals surface area contributed by atoms with Crippen LogP contribution in [0.3, 0.4) is 0 Å². The molecule has 0 radical (unpaired) electrons. The van der Waals surface area contributed by atoms with E-state index in [1.54, 1.807) is 18.1 Å². The Kier molecular flexibility index (Phi) is 7.07. The van der Waals surface area contributed by atoms with E-state index in [0.717, 1.165) is 60.8 Å². The highest BCUT2D eigenvalue weighted by molar-refractivity contribution is 7.22. The second-order valence-corrected chi connectivity index (χ2v) is 9.28. The molecule has 9 heteroatoms. The van der Waals surface area contributed by atoms with Gasteiger partial charge in [0.15, 0.2) is 10.8 Å². The van der Waals surface area contributed by atoms with Crippen molar-refractivity contribution in [3.05, 3.63) is 35.7 Å². The Morgan fingerprint density at radius 1 is 1.28 bits per heavy atom. The molecule has 0 unspecified atom stereocenters. The second kappa shape index (κ2) is 9.97. The zero-order chi connectivity index (χ0) is 22.7. The summed E-state index contributed by atoms with van der Waals surface area (Å²) in [5.41, 5.74) is 2.36. The Morgan fingerprint density at radius 3 is 2.75 bits per heavy atom. The van der Waals surface area contributed by atoms with Crippen LogP contribution in [-0.2, 0) is 4.74 Å². The number of rotatable bonds is 8. The molecule has 0 spiro atoms. The summed E-state index contributed by atoms with van der Waals surface area (Å²) in [5.74, 6) is 0.597. The predicted octanol–water partition coefficient (Wildman–Crippen LogP) is 3.76. The van der Waals surface area contributed by atoms with E-state index in [9.17, 15) is 4.79 Å². The number of thiazole rings is 1. The lowest BCUT2D eigenvalue weighted by Gasteiger charge is -2.27. The van der Waals surface area contributed by atoms with Crippen LogP contribution < -0.4 is 9.64 Å². The summed E-state index contributed by atoms with van der Waals surface area (Å²) in [6.07, 6.45) is 2.71. The SMILES string of the molecule is COc1ccc(C)c2sc(N(CCCN3CCOCC3)C(=O)c3ccn(C(C)C)n3)nc12. The minimum absolute atomic E-state index is 0.123. The number of ether oxygens (including phenoxy) is 2. The van der Waals surface area contributed by atoms with Crippen molar-refractivity contribution in [1.82, 2.24) is 19.7 Å². The van der Waals surface area contributed by atoms with Gasteiger partial charge in [-0.15, -0.1) is 0 Å². The molecule has 1 aliphatic heterocycles. The van der Waals surface area contributed by atoms with Crippen LogP contribution in [0.15, 0.2) is 24.4 Å². The van der Waals surface area contributed by atoms with E-state index < -0.39 is 0 Å². The smallest absolute Gasteiger partial charge is 0.280 e. The molecule has 1 saturated heterocycles. The van der Waals surface area contributed by atoms with E-state index >= 15 is 0 Å². The maximum atomic E-state index is 13.5. The summed E-state index contributed by atoms with van der Waals surface area (Å²) in [6, 6.07) is 5.94. The van der Waals surface area contributed by atoms with Gasteiger partial charge in [0, 0.05) is 38.4 Å². The lowest BCUT2D eigenvalue weighted by molar-refractivity contribution is 0.0376. The third kappa shape index (κ3) is 4.79. The van der Waals surface area contributed by atoms with Gasteiger partial charge in [-0.3, -0.25) is 19.3 Å². The summed E-state index contributed by atoms with van der Waals surface area (Å²) >= 11 is 1.53. The van der Waals surface area contributed by atoms with E-state index in [-0.39, 0.29) is 11.9 Å². The zero-order valence-corrected chi connectivity index (χ0v) is 20.0. The van der Waals surface area contributed by atoms with Gasteiger partial charge in [0.25, 0.3) is 5.91 Å². The highest BCUT2D eigenvalue weighted by atomic mass is 32.1. The van der Waals surface area contributed by atoms with E-state index in [4.69, 9.17) is 14.5 Å². The maximum Gasteiger partial charge on any atom is 0.280 e. The summed E-state index contributed by atoms with van der Waals surface area (Å²) in [4.78, 5) is 22.5. The number of hydrogen-bond donors (Lipinski definition) is 0. The van der Waals surface area contributed by atoms with Gasteiger partial charge in [-0.05, 0) is 44.9 Å². The molecule has 0 bridgehead atoms. The first-order valence-electron chi connectivity index (χ1n) is 11.1. The van der Waals surface area contributed by atoms with Gasteiger partial charge in [0.1, 0.15) is 11.3 Å². The third-order valence-electron chi connectivity index (χ3n) is 5.70. The average Bonchev–Trinajstić information content (AvgIpc) is 3.46. The number of anilines is 1. The minimum Gasteiger partial charge on any atom is -0.494 e. The zero-order valence-electron chi connectivity index (χ0n) is 19.2. The number of amides is 1. The van der Waals surface area contributed by atoms with Crippen LogP contribution in [0.4, 0.5) is 5.13 Å². The van der Waals surface area contributed by atoms with E-state index in [2.05, 4.69) is 16.9 Å². The van der Waals surface area contributed by atoms with E-state index in [1.807, 2.05) is 36.9 Å². The molecule has 0 aliphatic carbocycles. The van der Waals surface area contributed by atoms with Gasteiger partial charge in [0.05, 0.1) is 25.0 Å². The first-order valence-corrected chi connectivity index (χ1v) is 11.9. The highest BCUT2D eigenvalue weighted by Crippen LogP contribution is 2.36. The number of fused-ring (bicyclic) bond motifs is 1. The van der Waals surface area contributed by atoms with Gasteiger partial charge in [0.2, 0.25) is 0 Å². The van der Waals surface area contributed by atoms with Crippen LogP contribution in [-0.4, -0.2) is 72.1 Å². The molecule has 0 saturated carbocycles. The molecule has 2 aromatic heterocycles. The van der Waals surface area contributed by atoms with Crippen LogP contribution in [0.2, 0.25) is 0 Å². The summed E-state index contributed by atoms with van der Waals surface area (Å²) < 4.78 is 13.8. The van der Waals surface area contributed by atoms with Crippen molar-refractivity contribution in [2.75, 3.05) is 51.4 Å². The van der Waals surface area contributed by atoms with Crippen LogP contribution in [0.25, 0.3) is 10.2 Å². The third-order valence-corrected chi connectivity index (χ3v) is 6.92. The monoisotopic (exact) mass is 457 g/mol. The molecule has 172 valence electrons. The number of nitrogens with zero attached hydrogens (tertiary/aromatic N) is 5. The number of benzene rings is 1. The van der Waals surface area contributed by atoms with Crippen molar-refractivity contribution in [2.24, 2.45) is 0 Å². The Hall–Kier alpha value is -2.49. The number of methoxy groups -OCH3 is 1. The van der Waals surface area contributed by atoms with Crippen molar-refractivity contribution >= 4 is 32.6 Å². The van der Waals surface area contributed by atoms with Gasteiger partial charge in [-0.1, -0.05) is 17.4 Å². The van der Waals surface area contributed by atoms with Crippen LogP contribution in [0.5, 0.6) is 5.75 Å². The molecule has 0 atom stereocenters. The molecule has 1 aliphatic rings. The quantitative estimate of drug-likeness (QED) is 0.513. The van der Waals surface area contributed by atoms with Gasteiger partial charge >= 0.3 is 0 Å². The normalized spacial score (nSPS) is 14.9. The molecule has 8 nitrogen and oxygen atoms in total. The fourth-order valence-corrected chi connectivity index (χ4v) is 4.89. The number of aryl methyl sites for hydroxylation is 1. The Balaban J connectivity index is 1.62. The molecule has 1 fully saturated rings. The minimum atomic E-state index is -0.123. The summed E-state index contributed by atoms with van der Waals surface area (Å²) in [7, 11) is 1.65. The average molecular weight is 458 g/mol. The molecule has 1 aromatic carbocycles. The molecule has 32 heavy (non-hydrogen) atoms. The maximum absolute atomic E-state index is 13.5. The topological polar surface area (TPSA) is 72.7 Å². The number of hydrogen-bond acceptors (Lipinski definition) is 7. The standard InChI is InChI=1S/C23H31N5O3S/c1-16(2)28-11-8-18(25-28)22(29)27(10-5-9-26-12-14-31-15-13-26)23-24-20-19(30-4)7-6-17(3)21(20)32-23/h6-8,11,16H,5,9-10,12-15H2,1-4H3. The van der Waals surface area contributed by atoms with Crippen LogP contribution >= 0.6 is 11.3 Å². The summed E-state index contributed by atoms with van der Waals surface area (Å²) in [6.45, 7) is 11.0. The molecule has 1 amide bonds. The fourth-order valence-electron chi connectivity index (χ4n) is 3.82. The van der Waals surface area contributed by atoms with Crippen LogP contribution in [0.1, 0.15) is 42.4 Å². The van der Waals surface area contributed by atoms with Crippen molar-refractivity contribution in [3.63, 3.8) is 0 Å². The van der Waals surface area contributed by atoms with Crippen molar-refractivity contribution < 1.29 is 14.3 Å². The van der Waals surface area contributed by atoms with Gasteiger partial charge in [-0.2, -0.15) is 5.10 Å². The Bertz CT molecular complexity index is 1070. The van der Waals surface area contributed by atoms with Crippen molar-refractivity contribution in [2.45, 2.75) is 33.2 Å². The first kappa shape index (κ1) is 22.7. The van der Waals surface area contributed by atoms with Gasteiger partial charge in [-0.25, -0.2) is 4.98 Å². The largest absolute Gasteiger partial charge is 0.494 e. The summed E-state index contributed by atoms with van der Waals surface area (Å²) in [5, 5.41) is 5.19. The lowest BCUT2D eigenvalue weighted by atomic mass is 10.2. The predicted molar refractivity (Wildman–Crippen MR) is 127 cm³/mol. The molecular weight excluding hydrogens is 426 g/mol.